The summed E-state index contributed by atoms with van der Waals surface area (Å²) in [6.45, 7) is 5.12. The topological polar surface area (TPSA) is 95.6 Å². The summed E-state index contributed by atoms with van der Waals surface area (Å²) in [6, 6.07) is 17.5. The van der Waals surface area contributed by atoms with Gasteiger partial charge < -0.3 is 10.6 Å². The minimum absolute atomic E-state index is 0.0517. The van der Waals surface area contributed by atoms with E-state index in [9.17, 15) is 22.4 Å². The molecule has 184 valence electrons. The molecule has 0 saturated carbocycles. The molecule has 7 nitrogen and oxygen atoms in total. The van der Waals surface area contributed by atoms with Gasteiger partial charge in [-0.15, -0.1) is 0 Å². The van der Waals surface area contributed by atoms with Crippen LogP contribution in [0.4, 0.5) is 15.8 Å². The fraction of sp³-hybridized carbons (Fsp3) is 0.231. The molecule has 0 bridgehead atoms. The third-order valence-electron chi connectivity index (χ3n) is 5.45. The van der Waals surface area contributed by atoms with E-state index in [2.05, 4.69) is 10.6 Å². The van der Waals surface area contributed by atoms with E-state index >= 15 is 0 Å². The number of rotatable bonds is 9. The van der Waals surface area contributed by atoms with E-state index in [1.807, 2.05) is 20.8 Å². The molecule has 0 fully saturated rings. The molecular weight excluding hydrogens is 469 g/mol. The normalized spacial score (nSPS) is 12.0. The number of hydrogen-bond acceptors (Lipinski definition) is 4. The summed E-state index contributed by atoms with van der Waals surface area (Å²) in [6.07, 6.45) is 0.743. The van der Waals surface area contributed by atoms with Crippen molar-refractivity contribution < 1.29 is 22.4 Å². The fourth-order valence-electron chi connectivity index (χ4n) is 3.27. The van der Waals surface area contributed by atoms with Crippen LogP contribution in [0, 0.1) is 12.7 Å². The van der Waals surface area contributed by atoms with Gasteiger partial charge in [0.05, 0.1) is 21.8 Å². The quantitative estimate of drug-likeness (QED) is 0.455. The molecule has 2 amide bonds. The summed E-state index contributed by atoms with van der Waals surface area (Å²) in [5.74, 6) is -1.56. The number of halogens is 1. The van der Waals surface area contributed by atoms with Gasteiger partial charge in [0.25, 0.3) is 15.9 Å². The third-order valence-corrected chi connectivity index (χ3v) is 7.23. The van der Waals surface area contributed by atoms with Crippen LogP contribution in [-0.2, 0) is 14.8 Å². The number of benzene rings is 3. The van der Waals surface area contributed by atoms with E-state index < -0.39 is 28.3 Å². The molecule has 0 saturated heterocycles. The Kier molecular flexibility index (Phi) is 8.24. The molecule has 0 aliphatic heterocycles. The number of hydrogen-bond donors (Lipinski definition) is 2. The van der Waals surface area contributed by atoms with Crippen molar-refractivity contribution in [1.29, 1.82) is 0 Å². The van der Waals surface area contributed by atoms with Crippen molar-refractivity contribution in [2.45, 2.75) is 38.1 Å². The lowest BCUT2D eigenvalue weighted by molar-refractivity contribution is -0.114. The van der Waals surface area contributed by atoms with Crippen molar-refractivity contribution in [3.8, 4) is 0 Å². The summed E-state index contributed by atoms with van der Waals surface area (Å²) in [7, 11) is -4.19. The predicted molar refractivity (Wildman–Crippen MR) is 134 cm³/mol. The summed E-state index contributed by atoms with van der Waals surface area (Å²) in [4.78, 5) is 25.6. The van der Waals surface area contributed by atoms with Gasteiger partial charge in [0, 0.05) is 6.04 Å². The fourth-order valence-corrected chi connectivity index (χ4v) is 4.69. The van der Waals surface area contributed by atoms with Crippen LogP contribution in [0.2, 0.25) is 0 Å². The molecule has 3 aromatic rings. The van der Waals surface area contributed by atoms with E-state index in [0.29, 0.717) is 0 Å². The highest BCUT2D eigenvalue weighted by atomic mass is 32.2. The molecule has 3 aromatic carbocycles. The average molecular weight is 498 g/mol. The lowest BCUT2D eigenvalue weighted by atomic mass is 10.1. The van der Waals surface area contributed by atoms with E-state index in [1.54, 1.807) is 48.5 Å². The molecule has 3 rings (SSSR count). The molecule has 0 aromatic heterocycles. The van der Waals surface area contributed by atoms with Gasteiger partial charge in [0.15, 0.2) is 0 Å². The molecule has 0 heterocycles. The first kappa shape index (κ1) is 25.9. The van der Waals surface area contributed by atoms with Gasteiger partial charge in [-0.2, -0.15) is 0 Å². The Morgan fingerprint density at radius 1 is 0.971 bits per heavy atom. The van der Waals surface area contributed by atoms with Crippen LogP contribution in [0.3, 0.4) is 0 Å². The number of carbonyl (C=O) groups is 2. The Morgan fingerprint density at radius 3 is 2.23 bits per heavy atom. The number of para-hydroxylation sites is 1. The molecule has 35 heavy (non-hydrogen) atoms. The van der Waals surface area contributed by atoms with Crippen molar-refractivity contribution in [1.82, 2.24) is 5.32 Å². The molecule has 1 unspecified atom stereocenters. The lowest BCUT2D eigenvalue weighted by Crippen LogP contribution is -2.38. The minimum Gasteiger partial charge on any atom is -0.350 e. The Morgan fingerprint density at radius 2 is 1.60 bits per heavy atom. The SMILES string of the molecule is CCC(C)NC(=O)c1ccccc1NC(=O)CN(c1ccc(C)cc1)S(=O)(=O)c1ccc(F)cc1. The van der Waals surface area contributed by atoms with Crippen LogP contribution in [0.15, 0.2) is 77.7 Å². The molecule has 9 heteroatoms. The summed E-state index contributed by atoms with van der Waals surface area (Å²) < 4.78 is 41.2. The van der Waals surface area contributed by atoms with Crippen LogP contribution >= 0.6 is 0 Å². The zero-order valence-corrected chi connectivity index (χ0v) is 20.6. The lowest BCUT2D eigenvalue weighted by Gasteiger charge is -2.24. The van der Waals surface area contributed by atoms with Crippen molar-refractivity contribution in [3.63, 3.8) is 0 Å². The Hall–Kier alpha value is -3.72. The maximum Gasteiger partial charge on any atom is 0.264 e. The highest BCUT2D eigenvalue weighted by Crippen LogP contribution is 2.25. The molecular formula is C26H28FN3O4S. The smallest absolute Gasteiger partial charge is 0.264 e. The second kappa shape index (κ2) is 11.1. The number of anilines is 2. The van der Waals surface area contributed by atoms with Gasteiger partial charge in [-0.3, -0.25) is 13.9 Å². The third kappa shape index (κ3) is 6.45. The van der Waals surface area contributed by atoms with E-state index in [0.717, 1.165) is 40.6 Å². The van der Waals surface area contributed by atoms with Crippen molar-refractivity contribution in [2.24, 2.45) is 0 Å². The zero-order valence-electron chi connectivity index (χ0n) is 19.8. The number of nitrogens with zero attached hydrogens (tertiary/aromatic N) is 1. The van der Waals surface area contributed by atoms with Crippen LogP contribution in [0.5, 0.6) is 0 Å². The Labute approximate surface area is 205 Å². The molecule has 0 aliphatic rings. The largest absolute Gasteiger partial charge is 0.350 e. The molecule has 2 N–H and O–H groups in total. The first-order valence-corrected chi connectivity index (χ1v) is 12.6. The number of carbonyl (C=O) groups excluding carboxylic acids is 2. The van der Waals surface area contributed by atoms with Gasteiger partial charge in [0.1, 0.15) is 12.4 Å². The maximum absolute atomic E-state index is 13.4. The second-order valence-corrected chi connectivity index (χ2v) is 10.0. The minimum atomic E-state index is -4.19. The van der Waals surface area contributed by atoms with Crippen molar-refractivity contribution in [2.75, 3.05) is 16.2 Å². The zero-order chi connectivity index (χ0) is 25.6. The van der Waals surface area contributed by atoms with Gasteiger partial charge in [-0.25, -0.2) is 12.8 Å². The highest BCUT2D eigenvalue weighted by molar-refractivity contribution is 7.92. The van der Waals surface area contributed by atoms with Crippen LogP contribution in [0.1, 0.15) is 36.2 Å². The van der Waals surface area contributed by atoms with Gasteiger partial charge in [-0.1, -0.05) is 36.8 Å². The summed E-state index contributed by atoms with van der Waals surface area (Å²) in [5.41, 5.74) is 1.72. The number of amides is 2. The Balaban J connectivity index is 1.90. The highest BCUT2D eigenvalue weighted by Gasteiger charge is 2.28. The summed E-state index contributed by atoms with van der Waals surface area (Å²) in [5, 5.41) is 5.52. The van der Waals surface area contributed by atoms with E-state index in [1.165, 1.54) is 0 Å². The number of aryl methyl sites for hydroxylation is 1. The van der Waals surface area contributed by atoms with E-state index in [-0.39, 0.29) is 33.8 Å². The monoisotopic (exact) mass is 497 g/mol. The summed E-state index contributed by atoms with van der Waals surface area (Å²) >= 11 is 0. The number of sulfonamides is 1. The van der Waals surface area contributed by atoms with Gasteiger partial charge >= 0.3 is 0 Å². The molecule has 1 atom stereocenters. The Bertz CT molecular complexity index is 1290. The molecule has 0 spiro atoms. The van der Waals surface area contributed by atoms with Gasteiger partial charge in [0.2, 0.25) is 5.91 Å². The predicted octanol–water partition coefficient (Wildman–Crippen LogP) is 4.50. The van der Waals surface area contributed by atoms with Crippen LogP contribution < -0.4 is 14.9 Å². The standard InChI is InChI=1S/C26H28FN3O4S/c1-4-19(3)28-26(32)23-7-5-6-8-24(23)29-25(31)17-30(21-13-9-18(2)10-14-21)35(33,34)22-15-11-20(27)12-16-22/h5-16,19H,4,17H2,1-3H3,(H,28,32)(H,29,31). The van der Waals surface area contributed by atoms with Gasteiger partial charge in [-0.05, 0) is 68.8 Å². The second-order valence-electron chi connectivity index (χ2n) is 8.18. The first-order chi connectivity index (χ1) is 16.6. The molecule has 0 aliphatic carbocycles. The van der Waals surface area contributed by atoms with Crippen molar-refractivity contribution in [3.05, 3.63) is 89.7 Å². The first-order valence-electron chi connectivity index (χ1n) is 11.2. The average Bonchev–Trinajstić information content (AvgIpc) is 2.83. The van der Waals surface area contributed by atoms with Crippen LogP contribution in [0.25, 0.3) is 0 Å². The maximum atomic E-state index is 13.4. The van der Waals surface area contributed by atoms with Crippen molar-refractivity contribution >= 4 is 33.2 Å². The van der Waals surface area contributed by atoms with E-state index in [4.69, 9.17) is 0 Å². The molecule has 0 radical (unpaired) electrons. The van der Waals surface area contributed by atoms with Crippen LogP contribution in [-0.4, -0.2) is 32.8 Å². The number of nitrogens with one attached hydrogen (secondary N) is 2.